The zero-order valence-corrected chi connectivity index (χ0v) is 14.8. The number of anilines is 1. The second-order valence-corrected chi connectivity index (χ2v) is 6.00. The quantitative estimate of drug-likeness (QED) is 0.686. The number of carbonyl (C=O) groups is 1. The number of amides is 1. The Morgan fingerprint density at radius 3 is 2.68 bits per heavy atom. The predicted molar refractivity (Wildman–Crippen MR) is 99.8 cm³/mol. The summed E-state index contributed by atoms with van der Waals surface area (Å²) in [5.41, 5.74) is 2.72. The first-order valence-corrected chi connectivity index (χ1v) is 8.26. The Labute approximate surface area is 150 Å². The number of aryl methyl sites for hydroxylation is 1. The molecule has 1 amide bonds. The van der Waals surface area contributed by atoms with Crippen LogP contribution in [0.1, 0.15) is 12.0 Å². The summed E-state index contributed by atoms with van der Waals surface area (Å²) in [7, 11) is 3.05. The maximum atomic E-state index is 12.3. The summed E-state index contributed by atoms with van der Waals surface area (Å²) < 4.78 is 10.5. The summed E-state index contributed by atoms with van der Waals surface area (Å²) in [4.78, 5) is 15.6. The Morgan fingerprint density at radius 2 is 1.92 bits per heavy atom. The Kier molecular flexibility index (Phi) is 5.14. The molecule has 130 valence electrons. The molecule has 0 aliphatic carbocycles. The molecule has 1 heterocycles. The third-order valence-electron chi connectivity index (χ3n) is 4.04. The molecule has 3 aromatic rings. The minimum absolute atomic E-state index is 0.104. The smallest absolute Gasteiger partial charge is 0.224 e. The fraction of sp³-hybridized carbons (Fsp3) is 0.211. The monoisotopic (exact) mass is 358 g/mol. The maximum Gasteiger partial charge on any atom is 0.224 e. The number of hydrogen-bond donors (Lipinski definition) is 2. The van der Waals surface area contributed by atoms with Gasteiger partial charge in [0.15, 0.2) is 0 Å². The molecule has 2 N–H and O–H groups in total. The van der Waals surface area contributed by atoms with Gasteiger partial charge in [0.25, 0.3) is 0 Å². The minimum Gasteiger partial charge on any atom is -0.495 e. The molecule has 0 bridgehead atoms. The first-order valence-electron chi connectivity index (χ1n) is 7.88. The van der Waals surface area contributed by atoms with Crippen LogP contribution in [0, 0.1) is 0 Å². The Bertz CT molecular complexity index is 905. The SMILES string of the molecule is COc1cc(NC(=O)CCc2c[nH]c3ccccc23)c(OC)cc1Cl. The van der Waals surface area contributed by atoms with Gasteiger partial charge in [-0.15, -0.1) is 0 Å². The molecule has 5 nitrogen and oxygen atoms in total. The number of benzene rings is 2. The van der Waals surface area contributed by atoms with Crippen LogP contribution in [-0.4, -0.2) is 25.1 Å². The average molecular weight is 359 g/mol. The van der Waals surface area contributed by atoms with Crippen molar-refractivity contribution in [3.63, 3.8) is 0 Å². The summed E-state index contributed by atoms with van der Waals surface area (Å²) in [5, 5.41) is 4.43. The summed E-state index contributed by atoms with van der Waals surface area (Å²) >= 11 is 6.08. The molecule has 0 unspecified atom stereocenters. The molecule has 1 aromatic heterocycles. The number of para-hydroxylation sites is 1. The second-order valence-electron chi connectivity index (χ2n) is 5.59. The zero-order chi connectivity index (χ0) is 17.8. The molecule has 0 radical (unpaired) electrons. The summed E-state index contributed by atoms with van der Waals surface area (Å²) in [6, 6.07) is 11.3. The lowest BCUT2D eigenvalue weighted by Gasteiger charge is -2.13. The number of carbonyl (C=O) groups excluding carboxylic acids is 1. The first kappa shape index (κ1) is 17.2. The highest BCUT2D eigenvalue weighted by Crippen LogP contribution is 2.36. The van der Waals surface area contributed by atoms with E-state index in [0.29, 0.717) is 35.1 Å². The van der Waals surface area contributed by atoms with Crippen LogP contribution in [0.4, 0.5) is 5.69 Å². The van der Waals surface area contributed by atoms with Crippen molar-refractivity contribution in [1.82, 2.24) is 4.98 Å². The number of ether oxygens (including phenoxy) is 2. The highest BCUT2D eigenvalue weighted by molar-refractivity contribution is 6.32. The van der Waals surface area contributed by atoms with Gasteiger partial charge in [-0.25, -0.2) is 0 Å². The molecule has 6 heteroatoms. The van der Waals surface area contributed by atoms with E-state index < -0.39 is 0 Å². The number of rotatable bonds is 6. The fourth-order valence-corrected chi connectivity index (χ4v) is 2.99. The van der Waals surface area contributed by atoms with Crippen LogP contribution in [0.15, 0.2) is 42.6 Å². The normalized spacial score (nSPS) is 10.7. The standard InChI is InChI=1S/C19H19ClN2O3/c1-24-17-10-16(18(25-2)9-14(17)20)22-19(23)8-7-12-11-21-15-6-4-3-5-13(12)15/h3-6,9-11,21H,7-8H2,1-2H3,(H,22,23). The average Bonchev–Trinajstić information content (AvgIpc) is 3.04. The third-order valence-corrected chi connectivity index (χ3v) is 4.34. The zero-order valence-electron chi connectivity index (χ0n) is 14.1. The topological polar surface area (TPSA) is 63.3 Å². The van der Waals surface area contributed by atoms with E-state index in [0.717, 1.165) is 16.5 Å². The number of hydrogen-bond acceptors (Lipinski definition) is 3. The van der Waals surface area contributed by atoms with Gasteiger partial charge in [0.05, 0.1) is 24.9 Å². The molecule has 0 atom stereocenters. The van der Waals surface area contributed by atoms with Crippen molar-refractivity contribution in [2.24, 2.45) is 0 Å². The van der Waals surface area contributed by atoms with E-state index in [-0.39, 0.29) is 5.91 Å². The Hall–Kier alpha value is -2.66. The van der Waals surface area contributed by atoms with Crippen LogP contribution in [0.2, 0.25) is 5.02 Å². The van der Waals surface area contributed by atoms with Crippen LogP contribution < -0.4 is 14.8 Å². The Morgan fingerprint density at radius 1 is 1.16 bits per heavy atom. The maximum absolute atomic E-state index is 12.3. The lowest BCUT2D eigenvalue weighted by Crippen LogP contribution is -2.13. The number of nitrogens with one attached hydrogen (secondary N) is 2. The Balaban J connectivity index is 1.70. The van der Waals surface area contributed by atoms with Crippen LogP contribution in [0.3, 0.4) is 0 Å². The highest BCUT2D eigenvalue weighted by atomic mass is 35.5. The molecule has 0 spiro atoms. The van der Waals surface area contributed by atoms with E-state index in [1.807, 2.05) is 30.5 Å². The van der Waals surface area contributed by atoms with Crippen LogP contribution in [-0.2, 0) is 11.2 Å². The summed E-state index contributed by atoms with van der Waals surface area (Å²) in [6.07, 6.45) is 2.95. The molecule has 0 aliphatic rings. The molecule has 25 heavy (non-hydrogen) atoms. The van der Waals surface area contributed by atoms with E-state index in [1.54, 1.807) is 12.1 Å². The lowest BCUT2D eigenvalue weighted by atomic mass is 10.1. The summed E-state index contributed by atoms with van der Waals surface area (Å²) in [6.45, 7) is 0. The third kappa shape index (κ3) is 3.72. The van der Waals surface area contributed by atoms with Crippen LogP contribution in [0.25, 0.3) is 10.9 Å². The molecular formula is C19H19ClN2O3. The van der Waals surface area contributed by atoms with E-state index in [2.05, 4.69) is 10.3 Å². The number of aromatic nitrogens is 1. The van der Waals surface area contributed by atoms with E-state index >= 15 is 0 Å². The van der Waals surface area contributed by atoms with Gasteiger partial charge in [-0.2, -0.15) is 0 Å². The predicted octanol–water partition coefficient (Wildman–Crippen LogP) is 4.41. The number of methoxy groups -OCH3 is 2. The van der Waals surface area contributed by atoms with Crippen molar-refractivity contribution in [3.05, 3.63) is 53.2 Å². The molecule has 0 aliphatic heterocycles. The van der Waals surface area contributed by atoms with E-state index in [4.69, 9.17) is 21.1 Å². The summed E-state index contributed by atoms with van der Waals surface area (Å²) in [5.74, 6) is 0.869. The number of fused-ring (bicyclic) bond motifs is 1. The van der Waals surface area contributed by atoms with Crippen molar-refractivity contribution in [2.45, 2.75) is 12.8 Å². The second kappa shape index (κ2) is 7.49. The number of halogens is 1. The van der Waals surface area contributed by atoms with Crippen molar-refractivity contribution in [1.29, 1.82) is 0 Å². The van der Waals surface area contributed by atoms with Crippen molar-refractivity contribution >= 4 is 34.1 Å². The van der Waals surface area contributed by atoms with Crippen molar-refractivity contribution in [2.75, 3.05) is 19.5 Å². The van der Waals surface area contributed by atoms with Gasteiger partial charge in [0.1, 0.15) is 11.5 Å². The van der Waals surface area contributed by atoms with E-state index in [1.165, 1.54) is 14.2 Å². The van der Waals surface area contributed by atoms with Gasteiger partial charge in [0, 0.05) is 35.7 Å². The molecule has 0 saturated heterocycles. The minimum atomic E-state index is -0.104. The van der Waals surface area contributed by atoms with Gasteiger partial charge in [-0.1, -0.05) is 29.8 Å². The molecule has 0 fully saturated rings. The fourth-order valence-electron chi connectivity index (χ4n) is 2.76. The van der Waals surface area contributed by atoms with Crippen molar-refractivity contribution in [3.8, 4) is 11.5 Å². The lowest BCUT2D eigenvalue weighted by molar-refractivity contribution is -0.116. The largest absolute Gasteiger partial charge is 0.495 e. The number of aromatic amines is 1. The van der Waals surface area contributed by atoms with Gasteiger partial charge in [0.2, 0.25) is 5.91 Å². The van der Waals surface area contributed by atoms with Crippen molar-refractivity contribution < 1.29 is 14.3 Å². The highest BCUT2D eigenvalue weighted by Gasteiger charge is 2.13. The van der Waals surface area contributed by atoms with Gasteiger partial charge >= 0.3 is 0 Å². The van der Waals surface area contributed by atoms with Gasteiger partial charge in [-0.3, -0.25) is 4.79 Å². The molecule has 2 aromatic carbocycles. The molecule has 0 saturated carbocycles. The van der Waals surface area contributed by atoms with Gasteiger partial charge in [-0.05, 0) is 18.1 Å². The van der Waals surface area contributed by atoms with Crippen LogP contribution in [0.5, 0.6) is 11.5 Å². The van der Waals surface area contributed by atoms with Gasteiger partial charge < -0.3 is 19.8 Å². The van der Waals surface area contributed by atoms with Crippen LogP contribution >= 0.6 is 11.6 Å². The van der Waals surface area contributed by atoms with E-state index in [9.17, 15) is 4.79 Å². The first-order chi connectivity index (χ1) is 12.1. The number of H-pyrrole nitrogens is 1. The molecule has 3 rings (SSSR count). The molecular weight excluding hydrogens is 340 g/mol.